The number of rotatable bonds is 10. The number of hydrogen-bond acceptors (Lipinski definition) is 5. The van der Waals surface area contributed by atoms with Crippen LogP contribution in [0.5, 0.6) is 0 Å². The second-order valence-electron chi connectivity index (χ2n) is 8.58. The molecule has 0 aliphatic heterocycles. The third kappa shape index (κ3) is 6.17. The third-order valence-corrected chi connectivity index (χ3v) is 7.70. The Morgan fingerprint density at radius 2 is 1.82 bits per heavy atom. The van der Waals surface area contributed by atoms with Gasteiger partial charge in [0.1, 0.15) is 0 Å². The summed E-state index contributed by atoms with van der Waals surface area (Å²) in [7, 11) is -2.62. The van der Waals surface area contributed by atoms with Crippen molar-refractivity contribution in [3.8, 4) is 0 Å². The molecule has 8 nitrogen and oxygen atoms in total. The van der Waals surface area contributed by atoms with Crippen LogP contribution in [-0.4, -0.2) is 79.7 Å². The molecule has 2 N–H and O–H groups in total. The number of hydrogen-bond donors (Lipinski definition) is 2. The molecule has 1 heterocycles. The van der Waals surface area contributed by atoms with Crippen molar-refractivity contribution in [3.05, 3.63) is 46.3 Å². The Kier molecular flexibility index (Phi) is 9.13. The maximum absolute atomic E-state index is 13.1. The van der Waals surface area contributed by atoms with Crippen molar-refractivity contribution in [1.82, 2.24) is 19.8 Å². The second-order valence-corrected chi connectivity index (χ2v) is 10.2. The average molecular weight is 506 g/mol. The number of anilines is 1. The van der Waals surface area contributed by atoms with Crippen LogP contribution in [0.4, 0.5) is 14.5 Å². The predicted octanol–water partition coefficient (Wildman–Crippen LogP) is 1.01. The Morgan fingerprint density at radius 3 is 2.38 bits per heavy atom. The quantitative estimate of drug-likeness (QED) is 0.371. The third-order valence-electron chi connectivity index (χ3n) is 6.24. The molecule has 0 radical (unpaired) electrons. The summed E-state index contributed by atoms with van der Waals surface area (Å²) in [4.78, 5) is 12.9. The van der Waals surface area contributed by atoms with E-state index in [0.29, 0.717) is 0 Å². The van der Waals surface area contributed by atoms with Crippen molar-refractivity contribution in [2.45, 2.75) is 51.4 Å². The summed E-state index contributed by atoms with van der Waals surface area (Å²) >= 11 is 0. The fourth-order valence-electron chi connectivity index (χ4n) is 4.86. The normalized spacial score (nSPS) is 14.6. The van der Waals surface area contributed by atoms with E-state index in [0.717, 1.165) is 48.4 Å². The summed E-state index contributed by atoms with van der Waals surface area (Å²) in [6.45, 7) is -0.678. The van der Waals surface area contributed by atoms with E-state index in [1.165, 1.54) is 39.3 Å². The van der Waals surface area contributed by atoms with Gasteiger partial charge in [-0.3, -0.25) is 9.48 Å². The molecule has 34 heavy (non-hydrogen) atoms. The van der Waals surface area contributed by atoms with Crippen LogP contribution in [0.3, 0.4) is 0 Å². The number of nitrogens with zero attached hydrogens (tertiary/aromatic N) is 3. The van der Waals surface area contributed by atoms with E-state index in [2.05, 4.69) is 21.2 Å². The van der Waals surface area contributed by atoms with Gasteiger partial charge in [0.25, 0.3) is 6.43 Å². The Bertz CT molecular complexity index is 1110. The molecule has 1 amide bonds. The minimum absolute atomic E-state index is 0. The molecular formula is C22H30F2N5NaO3S. The fourth-order valence-corrected chi connectivity index (χ4v) is 6.03. The number of alkyl halides is 2. The number of halogens is 2. The average Bonchev–Trinajstić information content (AvgIpc) is 3.47. The second kappa shape index (κ2) is 11.5. The molecule has 0 unspecified atom stereocenters. The molecule has 2 aromatic rings. The number of amides is 1. The van der Waals surface area contributed by atoms with Gasteiger partial charge in [-0.05, 0) is 66.3 Å². The first-order valence-corrected chi connectivity index (χ1v) is 12.6. The van der Waals surface area contributed by atoms with E-state index >= 15 is 0 Å². The van der Waals surface area contributed by atoms with Gasteiger partial charge in [0.15, 0.2) is 0 Å². The van der Waals surface area contributed by atoms with E-state index < -0.39 is 29.1 Å². The summed E-state index contributed by atoms with van der Waals surface area (Å²) in [5.41, 5.74) is 6.19. The summed E-state index contributed by atoms with van der Waals surface area (Å²) in [6, 6.07) is 2.26. The van der Waals surface area contributed by atoms with Gasteiger partial charge in [-0.25, -0.2) is 17.8 Å². The molecule has 1 aromatic carbocycles. The SMILES string of the molecule is Cn1cc(N(CCNCC(F)F)S(=O)(=O)NC(=O)Cc2c3c(cc4c2CCC4)CCC3)cn1.[NaH]. The van der Waals surface area contributed by atoms with E-state index in [1.807, 2.05) is 0 Å². The zero-order valence-electron chi connectivity index (χ0n) is 18.6. The Hall–Kier alpha value is -1.53. The maximum atomic E-state index is 13.1. The van der Waals surface area contributed by atoms with Crippen LogP contribution < -0.4 is 14.3 Å². The summed E-state index contributed by atoms with van der Waals surface area (Å²) < 4.78 is 55.7. The predicted molar refractivity (Wildman–Crippen MR) is 128 cm³/mol. The molecule has 12 heteroatoms. The van der Waals surface area contributed by atoms with Gasteiger partial charge in [0.2, 0.25) is 5.91 Å². The van der Waals surface area contributed by atoms with Gasteiger partial charge in [-0.1, -0.05) is 6.07 Å². The topological polar surface area (TPSA) is 96.3 Å². The van der Waals surface area contributed by atoms with E-state index in [4.69, 9.17) is 0 Å². The van der Waals surface area contributed by atoms with Crippen LogP contribution in [0.15, 0.2) is 18.5 Å². The van der Waals surface area contributed by atoms with Gasteiger partial charge in [0.05, 0.1) is 24.8 Å². The van der Waals surface area contributed by atoms with Crippen LogP contribution >= 0.6 is 0 Å². The standard InChI is InChI=1S/C22H29F2N5O3S.Na.H/c1-28-14-17(12-26-28)29(9-8-25-13-21(23)24)33(31,32)27-22(30)11-20-18-6-2-4-15(18)10-16-5-3-7-19(16)20;;/h10,12,14,21,25H,2-9,11,13H2,1H3,(H,27,30);;. The molecule has 0 atom stereocenters. The molecule has 1 aromatic heterocycles. The van der Waals surface area contributed by atoms with Crippen molar-refractivity contribution in [2.75, 3.05) is 23.9 Å². The van der Waals surface area contributed by atoms with Crippen LogP contribution in [0.1, 0.15) is 40.7 Å². The molecule has 182 valence electrons. The van der Waals surface area contributed by atoms with E-state index in [9.17, 15) is 22.0 Å². The van der Waals surface area contributed by atoms with Gasteiger partial charge in [-0.15, -0.1) is 0 Å². The van der Waals surface area contributed by atoms with Gasteiger partial charge < -0.3 is 5.32 Å². The summed E-state index contributed by atoms with van der Waals surface area (Å²) in [5.74, 6) is -0.598. The zero-order valence-corrected chi connectivity index (χ0v) is 19.4. The Balaban J connectivity index is 0.00000324. The first-order chi connectivity index (χ1) is 15.7. The first kappa shape index (κ1) is 27.1. The van der Waals surface area contributed by atoms with Crippen molar-refractivity contribution in [3.63, 3.8) is 0 Å². The number of carbonyl (C=O) groups excluding carboxylic acids is 1. The number of aryl methyl sites for hydroxylation is 3. The van der Waals surface area contributed by atoms with Gasteiger partial charge >= 0.3 is 39.8 Å². The molecule has 0 bridgehead atoms. The molecular weight excluding hydrogens is 475 g/mol. The minimum atomic E-state index is -4.26. The van der Waals surface area contributed by atoms with Crippen molar-refractivity contribution in [2.24, 2.45) is 7.05 Å². The van der Waals surface area contributed by atoms with Crippen molar-refractivity contribution >= 4 is 51.4 Å². The van der Waals surface area contributed by atoms with Crippen molar-refractivity contribution < 1.29 is 22.0 Å². The van der Waals surface area contributed by atoms with Gasteiger partial charge in [0, 0.05) is 26.3 Å². The molecule has 0 saturated carbocycles. The van der Waals surface area contributed by atoms with Crippen LogP contribution in [0, 0.1) is 0 Å². The van der Waals surface area contributed by atoms with E-state index in [1.54, 1.807) is 7.05 Å². The monoisotopic (exact) mass is 505 g/mol. The zero-order chi connectivity index (χ0) is 23.6. The van der Waals surface area contributed by atoms with Gasteiger partial charge in [-0.2, -0.15) is 13.5 Å². The molecule has 0 fully saturated rings. The van der Waals surface area contributed by atoms with E-state index in [-0.39, 0.29) is 54.8 Å². The Morgan fingerprint density at radius 1 is 1.18 bits per heavy atom. The molecule has 0 spiro atoms. The summed E-state index contributed by atoms with van der Waals surface area (Å²) in [6.07, 6.45) is 6.23. The number of carbonyl (C=O) groups is 1. The van der Waals surface area contributed by atoms with Crippen LogP contribution in [0.25, 0.3) is 0 Å². The summed E-state index contributed by atoms with van der Waals surface area (Å²) in [5, 5.41) is 6.51. The number of aromatic nitrogens is 2. The van der Waals surface area contributed by atoms with Crippen LogP contribution in [-0.2, 0) is 54.2 Å². The molecule has 0 saturated heterocycles. The first-order valence-electron chi connectivity index (χ1n) is 11.2. The van der Waals surface area contributed by atoms with Crippen LogP contribution in [0.2, 0.25) is 0 Å². The number of benzene rings is 1. The molecule has 2 aliphatic rings. The molecule has 2 aliphatic carbocycles. The number of fused-ring (bicyclic) bond motifs is 2. The van der Waals surface area contributed by atoms with Crippen molar-refractivity contribution in [1.29, 1.82) is 0 Å². The molecule has 4 rings (SSSR count). The number of nitrogens with one attached hydrogen (secondary N) is 2. The fraction of sp³-hybridized carbons (Fsp3) is 0.545. The Labute approximate surface area is 220 Å².